The Morgan fingerprint density at radius 1 is 1.19 bits per heavy atom. The van der Waals surface area contributed by atoms with Crippen molar-refractivity contribution in [3.05, 3.63) is 69.8 Å². The molecular weight excluding hydrogens is 336 g/mol. The molecule has 1 saturated heterocycles. The van der Waals surface area contributed by atoms with Gasteiger partial charge in [-0.05, 0) is 18.2 Å². The number of carbonyl (C=O) groups is 2. The number of hydrogen-bond acceptors (Lipinski definition) is 5. The maximum absolute atomic E-state index is 12.7. The van der Waals surface area contributed by atoms with Gasteiger partial charge in [0, 0.05) is 30.7 Å². The van der Waals surface area contributed by atoms with Gasteiger partial charge in [0.2, 0.25) is 0 Å². The zero-order chi connectivity index (χ0) is 18.3. The normalized spacial score (nSPS) is 21.4. The highest BCUT2D eigenvalue weighted by atomic mass is 16.6. The minimum absolute atomic E-state index is 0.0106. The van der Waals surface area contributed by atoms with Crippen LogP contribution in [0.4, 0.5) is 5.69 Å². The van der Waals surface area contributed by atoms with Crippen LogP contribution in [0.25, 0.3) is 0 Å². The van der Waals surface area contributed by atoms with Crippen LogP contribution in [0.5, 0.6) is 5.75 Å². The van der Waals surface area contributed by atoms with Gasteiger partial charge in [0.1, 0.15) is 11.4 Å². The fraction of sp³-hybridized carbons (Fsp3) is 0.263. The quantitative estimate of drug-likeness (QED) is 0.612. The number of para-hydroxylation sites is 1. The zero-order valence-corrected chi connectivity index (χ0v) is 13.9. The molecule has 7 nitrogen and oxygen atoms in total. The molecule has 1 atom stereocenters. The Labute approximate surface area is 149 Å². The molecule has 1 amide bonds. The number of nitrogens with zero attached hydrogens (tertiary/aromatic N) is 2. The summed E-state index contributed by atoms with van der Waals surface area (Å²) in [5.41, 5.74) is -0.00917. The minimum Gasteiger partial charge on any atom is -0.484 e. The van der Waals surface area contributed by atoms with E-state index in [1.165, 1.54) is 18.2 Å². The van der Waals surface area contributed by atoms with E-state index in [0.717, 1.165) is 0 Å². The molecule has 2 aromatic carbocycles. The molecule has 1 unspecified atom stereocenters. The van der Waals surface area contributed by atoms with Gasteiger partial charge in [-0.25, -0.2) is 0 Å². The van der Waals surface area contributed by atoms with Gasteiger partial charge in [0.15, 0.2) is 5.78 Å². The molecule has 1 fully saturated rings. The lowest BCUT2D eigenvalue weighted by Gasteiger charge is -2.34. The Morgan fingerprint density at radius 2 is 2.00 bits per heavy atom. The van der Waals surface area contributed by atoms with Gasteiger partial charge in [0.25, 0.3) is 11.6 Å². The van der Waals surface area contributed by atoms with Gasteiger partial charge >= 0.3 is 0 Å². The second-order valence-corrected chi connectivity index (χ2v) is 6.67. The number of ketones is 1. The Hall–Kier alpha value is -3.22. The van der Waals surface area contributed by atoms with Gasteiger partial charge in [0.05, 0.1) is 23.5 Å². The third-order valence-corrected chi connectivity index (χ3v) is 4.90. The number of amides is 1. The smallest absolute Gasteiger partial charge is 0.270 e. The Kier molecular flexibility index (Phi) is 3.72. The number of rotatable bonds is 2. The highest BCUT2D eigenvalue weighted by Gasteiger charge is 2.47. The molecule has 0 bridgehead atoms. The maximum Gasteiger partial charge on any atom is 0.270 e. The second kappa shape index (κ2) is 5.94. The molecule has 0 N–H and O–H groups in total. The molecule has 4 rings (SSSR count). The Balaban J connectivity index is 1.56. The molecule has 1 spiro atoms. The van der Waals surface area contributed by atoms with Crippen LogP contribution < -0.4 is 4.74 Å². The number of hydrogen-bond donors (Lipinski definition) is 0. The van der Waals surface area contributed by atoms with Crippen molar-refractivity contribution in [2.45, 2.75) is 18.4 Å². The van der Waals surface area contributed by atoms with E-state index in [4.69, 9.17) is 4.74 Å². The molecule has 0 aromatic heterocycles. The molecule has 132 valence electrons. The van der Waals surface area contributed by atoms with E-state index >= 15 is 0 Å². The topological polar surface area (TPSA) is 89.8 Å². The van der Waals surface area contributed by atoms with E-state index in [1.807, 2.05) is 6.07 Å². The fourth-order valence-electron chi connectivity index (χ4n) is 3.62. The molecule has 2 aliphatic rings. The molecule has 26 heavy (non-hydrogen) atoms. The van der Waals surface area contributed by atoms with E-state index in [9.17, 15) is 19.7 Å². The van der Waals surface area contributed by atoms with Crippen molar-refractivity contribution < 1.29 is 19.2 Å². The van der Waals surface area contributed by atoms with Crippen LogP contribution in [0.15, 0.2) is 48.5 Å². The van der Waals surface area contributed by atoms with Crippen molar-refractivity contribution in [1.82, 2.24) is 4.90 Å². The number of benzene rings is 2. The molecule has 2 aliphatic heterocycles. The summed E-state index contributed by atoms with van der Waals surface area (Å²) in [6, 6.07) is 12.8. The Bertz CT molecular complexity index is 926. The highest BCUT2D eigenvalue weighted by molar-refractivity contribution is 6.00. The number of non-ortho nitro benzene ring substituents is 1. The highest BCUT2D eigenvalue weighted by Crippen LogP contribution is 2.39. The van der Waals surface area contributed by atoms with Crippen LogP contribution in [-0.2, 0) is 0 Å². The predicted molar refractivity (Wildman–Crippen MR) is 92.4 cm³/mol. The van der Waals surface area contributed by atoms with Crippen LogP contribution in [0, 0.1) is 10.1 Å². The van der Waals surface area contributed by atoms with E-state index < -0.39 is 10.5 Å². The first-order valence-corrected chi connectivity index (χ1v) is 8.32. The third-order valence-electron chi connectivity index (χ3n) is 4.90. The van der Waals surface area contributed by atoms with Crippen molar-refractivity contribution >= 4 is 17.4 Å². The largest absolute Gasteiger partial charge is 0.484 e. The van der Waals surface area contributed by atoms with Crippen molar-refractivity contribution in [1.29, 1.82) is 0 Å². The second-order valence-electron chi connectivity index (χ2n) is 6.67. The van der Waals surface area contributed by atoms with Crippen LogP contribution >= 0.6 is 0 Å². The lowest BCUT2D eigenvalue weighted by molar-refractivity contribution is -0.384. The number of likely N-dealkylation sites (tertiary alicyclic amines) is 1. The van der Waals surface area contributed by atoms with Gasteiger partial charge in [-0.2, -0.15) is 0 Å². The molecule has 0 radical (unpaired) electrons. The van der Waals surface area contributed by atoms with Crippen LogP contribution in [-0.4, -0.2) is 40.2 Å². The van der Waals surface area contributed by atoms with E-state index in [-0.39, 0.29) is 35.9 Å². The number of Topliss-reactive ketones (excluding diaryl/α,β-unsaturated/α-hetero) is 1. The van der Waals surface area contributed by atoms with Gasteiger partial charge in [-0.1, -0.05) is 18.2 Å². The summed E-state index contributed by atoms with van der Waals surface area (Å²) in [5, 5.41) is 10.9. The van der Waals surface area contributed by atoms with Gasteiger partial charge in [-0.3, -0.25) is 19.7 Å². The number of ether oxygens (including phenoxy) is 1. The lowest BCUT2D eigenvalue weighted by atomic mass is 9.89. The summed E-state index contributed by atoms with van der Waals surface area (Å²) in [7, 11) is 0. The average molecular weight is 352 g/mol. The van der Waals surface area contributed by atoms with Crippen LogP contribution in [0.1, 0.15) is 33.6 Å². The molecule has 2 aromatic rings. The average Bonchev–Trinajstić information content (AvgIpc) is 3.04. The number of nitro groups is 1. The first kappa shape index (κ1) is 16.3. The monoisotopic (exact) mass is 352 g/mol. The third kappa shape index (κ3) is 2.71. The van der Waals surface area contributed by atoms with E-state index in [0.29, 0.717) is 24.3 Å². The fourth-order valence-corrected chi connectivity index (χ4v) is 3.62. The van der Waals surface area contributed by atoms with Crippen molar-refractivity contribution in [3.63, 3.8) is 0 Å². The number of nitro benzene ring substituents is 1. The molecule has 2 heterocycles. The van der Waals surface area contributed by atoms with Gasteiger partial charge in [-0.15, -0.1) is 0 Å². The Morgan fingerprint density at radius 3 is 2.81 bits per heavy atom. The minimum atomic E-state index is -0.720. The van der Waals surface area contributed by atoms with E-state index in [1.54, 1.807) is 29.2 Å². The molecular formula is C19H16N2O5. The summed E-state index contributed by atoms with van der Waals surface area (Å²) < 4.78 is 6.11. The number of carbonyl (C=O) groups excluding carboxylic acids is 2. The first-order valence-electron chi connectivity index (χ1n) is 8.32. The van der Waals surface area contributed by atoms with Crippen molar-refractivity contribution in [2.75, 3.05) is 13.1 Å². The van der Waals surface area contributed by atoms with Crippen LogP contribution in [0.2, 0.25) is 0 Å². The number of fused-ring (bicyclic) bond motifs is 1. The molecule has 7 heteroatoms. The summed E-state index contributed by atoms with van der Waals surface area (Å²) in [6.45, 7) is 0.728. The van der Waals surface area contributed by atoms with Crippen molar-refractivity contribution in [2.24, 2.45) is 0 Å². The van der Waals surface area contributed by atoms with E-state index in [2.05, 4.69) is 0 Å². The SMILES string of the molecule is O=C1CC2(CCN(C(=O)c3cccc([N+](=O)[O-])c3)C2)Oc2ccccc21. The lowest BCUT2D eigenvalue weighted by Crippen LogP contribution is -2.45. The summed E-state index contributed by atoms with van der Waals surface area (Å²) in [4.78, 5) is 37.2. The maximum atomic E-state index is 12.7. The molecule has 0 saturated carbocycles. The summed E-state index contributed by atoms with van der Waals surface area (Å²) in [6.07, 6.45) is 0.774. The first-order chi connectivity index (χ1) is 12.5. The summed E-state index contributed by atoms with van der Waals surface area (Å²) in [5.74, 6) is 0.269. The predicted octanol–water partition coefficient (Wildman–Crippen LogP) is 2.84. The van der Waals surface area contributed by atoms with Crippen molar-refractivity contribution in [3.8, 4) is 5.75 Å². The van der Waals surface area contributed by atoms with Crippen LogP contribution in [0.3, 0.4) is 0 Å². The standard InChI is InChI=1S/C19H16N2O5/c22-16-11-19(26-17-7-2-1-6-15(16)17)8-9-20(12-19)18(23)13-4-3-5-14(10-13)21(24)25/h1-7,10H,8-9,11-12H2. The molecule has 0 aliphatic carbocycles. The summed E-state index contributed by atoms with van der Waals surface area (Å²) >= 11 is 0. The zero-order valence-electron chi connectivity index (χ0n) is 13.9. The van der Waals surface area contributed by atoms with Gasteiger partial charge < -0.3 is 9.64 Å².